The van der Waals surface area contributed by atoms with Crippen molar-refractivity contribution in [2.45, 2.75) is 53.5 Å². The number of nitrogens with one attached hydrogen (secondary N) is 2. The number of hydrogen-bond donors (Lipinski definition) is 2. The van der Waals surface area contributed by atoms with Gasteiger partial charge in [-0.2, -0.15) is 17.5 Å². The van der Waals surface area contributed by atoms with E-state index in [1.165, 1.54) is 6.42 Å². The van der Waals surface area contributed by atoms with Crippen LogP contribution in [0.1, 0.15) is 34.5 Å². The molecule has 2 aliphatic heterocycles. The molecule has 26 heavy (non-hydrogen) atoms. The van der Waals surface area contributed by atoms with Gasteiger partial charge >= 0.3 is 6.18 Å². The Morgan fingerprint density at radius 2 is 2.04 bits per heavy atom. The summed E-state index contributed by atoms with van der Waals surface area (Å²) >= 11 is 1.59. The van der Waals surface area contributed by atoms with Crippen molar-refractivity contribution < 1.29 is 18.0 Å². The highest BCUT2D eigenvalue weighted by Crippen LogP contribution is 2.37. The van der Waals surface area contributed by atoms with Gasteiger partial charge in [-0.05, 0) is 61.1 Å². The summed E-state index contributed by atoms with van der Waals surface area (Å²) < 4.78 is 41.7. The van der Waals surface area contributed by atoms with Gasteiger partial charge in [0.25, 0.3) is 5.91 Å². The molecule has 0 spiro atoms. The average molecular weight is 399 g/mol. The lowest BCUT2D eigenvalue weighted by Crippen LogP contribution is -2.42. The molecule has 1 aromatic heterocycles. The molecule has 2 bridgehead atoms. The third kappa shape index (κ3) is 3.74. The summed E-state index contributed by atoms with van der Waals surface area (Å²) in [6, 6.07) is 8.93. The van der Waals surface area contributed by atoms with Crippen LogP contribution in [-0.2, 0) is 6.18 Å². The Morgan fingerprint density at radius 1 is 1.27 bits per heavy atom. The number of carbonyl (C=O) groups excluding carboxylic acids is 1. The first-order valence-electron chi connectivity index (χ1n) is 8.27. The highest BCUT2D eigenvalue weighted by molar-refractivity contribution is 7.99. The summed E-state index contributed by atoms with van der Waals surface area (Å²) in [5.41, 5.74) is 0.548. The molecule has 2 N–H and O–H groups in total. The zero-order valence-corrected chi connectivity index (χ0v) is 15.2. The normalized spacial score (nSPS) is 24.8. The first kappa shape index (κ1) is 17.8. The second-order valence-corrected chi connectivity index (χ2v) is 8.42. The molecule has 2 fully saturated rings. The maximum absolute atomic E-state index is 12.6. The predicted molar refractivity (Wildman–Crippen MR) is 93.5 cm³/mol. The summed E-state index contributed by atoms with van der Waals surface area (Å²) in [6.07, 6.45) is -1.13. The molecule has 0 unspecified atom stereocenters. The molecular weight excluding hydrogens is 383 g/mol. The first-order valence-corrected chi connectivity index (χ1v) is 9.86. The Hall–Kier alpha value is -1.58. The Bertz CT molecular complexity index is 806. The second kappa shape index (κ2) is 6.86. The van der Waals surface area contributed by atoms with Crippen LogP contribution in [0.15, 0.2) is 40.3 Å². The van der Waals surface area contributed by atoms with Crippen LogP contribution < -0.4 is 10.6 Å². The second-order valence-electron chi connectivity index (χ2n) is 6.52. The third-order valence-corrected chi connectivity index (χ3v) is 6.60. The summed E-state index contributed by atoms with van der Waals surface area (Å²) in [5.74, 6) is -0.117. The molecule has 2 aliphatic rings. The van der Waals surface area contributed by atoms with E-state index in [4.69, 9.17) is 0 Å². The van der Waals surface area contributed by atoms with Gasteiger partial charge in [-0.15, -0.1) is 0 Å². The molecular formula is C17H16F3N3OS2. The van der Waals surface area contributed by atoms with Crippen molar-refractivity contribution in [1.82, 2.24) is 15.0 Å². The quantitative estimate of drug-likeness (QED) is 0.818. The van der Waals surface area contributed by atoms with Gasteiger partial charge in [0.05, 0.1) is 0 Å². The van der Waals surface area contributed by atoms with Crippen LogP contribution in [-0.4, -0.2) is 28.4 Å². The molecule has 0 aliphatic carbocycles. The van der Waals surface area contributed by atoms with Crippen LogP contribution >= 0.6 is 23.3 Å². The minimum Gasteiger partial charge on any atom is -0.348 e. The van der Waals surface area contributed by atoms with E-state index in [0.29, 0.717) is 34.2 Å². The van der Waals surface area contributed by atoms with Crippen molar-refractivity contribution in [3.63, 3.8) is 0 Å². The number of halogens is 3. The molecule has 4 nitrogen and oxygen atoms in total. The van der Waals surface area contributed by atoms with Gasteiger partial charge < -0.3 is 10.6 Å². The minimum atomic E-state index is -4.37. The van der Waals surface area contributed by atoms with E-state index in [9.17, 15) is 18.0 Å². The van der Waals surface area contributed by atoms with E-state index in [0.717, 1.165) is 35.6 Å². The Morgan fingerprint density at radius 3 is 2.62 bits per heavy atom. The summed E-state index contributed by atoms with van der Waals surface area (Å²) in [6.45, 7) is 0. The lowest BCUT2D eigenvalue weighted by molar-refractivity contribution is -0.134. The number of fused-ring (bicyclic) bond motifs is 2. The van der Waals surface area contributed by atoms with E-state index in [1.54, 1.807) is 24.3 Å². The number of alkyl halides is 3. The molecule has 1 amide bonds. The van der Waals surface area contributed by atoms with Crippen LogP contribution in [0.2, 0.25) is 0 Å². The van der Waals surface area contributed by atoms with Crippen molar-refractivity contribution in [1.29, 1.82) is 0 Å². The van der Waals surface area contributed by atoms with Gasteiger partial charge in [0.2, 0.25) is 0 Å². The van der Waals surface area contributed by atoms with Gasteiger partial charge in [-0.1, -0.05) is 11.8 Å². The lowest BCUT2D eigenvalue weighted by Gasteiger charge is -2.21. The fraction of sp³-hybridized carbons (Fsp3) is 0.412. The molecule has 3 heterocycles. The average Bonchev–Trinajstić information content (AvgIpc) is 3.31. The molecule has 1 aromatic carbocycles. The Kier molecular flexibility index (Phi) is 4.70. The fourth-order valence-electron chi connectivity index (χ4n) is 3.47. The maximum atomic E-state index is 12.6. The Labute approximate surface area is 156 Å². The van der Waals surface area contributed by atoms with Crippen LogP contribution in [0.25, 0.3) is 0 Å². The number of carbonyl (C=O) groups is 1. The van der Waals surface area contributed by atoms with Gasteiger partial charge in [-0.25, -0.2) is 0 Å². The van der Waals surface area contributed by atoms with Crippen LogP contribution in [0.4, 0.5) is 13.2 Å². The molecule has 2 saturated heterocycles. The number of nitrogens with zero attached hydrogens (tertiary/aromatic N) is 1. The highest BCUT2D eigenvalue weighted by atomic mass is 32.2. The van der Waals surface area contributed by atoms with E-state index in [1.807, 2.05) is 0 Å². The summed E-state index contributed by atoms with van der Waals surface area (Å²) in [7, 11) is 0. The Balaban J connectivity index is 1.37. The summed E-state index contributed by atoms with van der Waals surface area (Å²) in [4.78, 5) is 12.4. The molecule has 138 valence electrons. The number of rotatable bonds is 4. The van der Waals surface area contributed by atoms with E-state index >= 15 is 0 Å². The van der Waals surface area contributed by atoms with Crippen LogP contribution in [0, 0.1) is 0 Å². The zero-order chi connectivity index (χ0) is 18.3. The van der Waals surface area contributed by atoms with E-state index < -0.39 is 11.1 Å². The number of hydrogen-bond acceptors (Lipinski definition) is 5. The highest BCUT2D eigenvalue weighted by Gasteiger charge is 2.39. The van der Waals surface area contributed by atoms with Crippen molar-refractivity contribution in [3.05, 3.63) is 40.8 Å². The van der Waals surface area contributed by atoms with Crippen molar-refractivity contribution in [2.24, 2.45) is 0 Å². The van der Waals surface area contributed by atoms with Gasteiger partial charge in [-0.3, -0.25) is 4.79 Å². The van der Waals surface area contributed by atoms with Crippen LogP contribution in [0.5, 0.6) is 0 Å². The molecule has 0 radical (unpaired) electrons. The third-order valence-electron chi connectivity index (χ3n) is 4.72. The smallest absolute Gasteiger partial charge is 0.348 e. The van der Waals surface area contributed by atoms with Gasteiger partial charge in [0, 0.05) is 28.6 Å². The zero-order valence-electron chi connectivity index (χ0n) is 13.5. The molecule has 3 atom stereocenters. The monoisotopic (exact) mass is 399 g/mol. The maximum Gasteiger partial charge on any atom is 0.427 e. The topological polar surface area (TPSA) is 54.0 Å². The lowest BCUT2D eigenvalue weighted by atomic mass is 9.95. The van der Waals surface area contributed by atoms with Crippen molar-refractivity contribution >= 4 is 29.2 Å². The standard InChI is InChI=1S/C17H16F3N3OS2/c18-17(19,20)14-8-15(23-26-14)25-11-4-1-9(2-5-11)16(24)22-13-7-10-3-6-12(13)21-10/h1-2,4-5,8,10,12-13,21H,3,6-7H2,(H,22,24)/t10-,12+,13-/m1/s1. The molecule has 0 saturated carbocycles. The number of benzene rings is 1. The largest absolute Gasteiger partial charge is 0.427 e. The summed E-state index contributed by atoms with van der Waals surface area (Å²) in [5, 5.41) is 6.85. The fourth-order valence-corrected chi connectivity index (χ4v) is 5.01. The van der Waals surface area contributed by atoms with E-state index in [-0.39, 0.29) is 11.9 Å². The number of aromatic nitrogens is 1. The van der Waals surface area contributed by atoms with Crippen molar-refractivity contribution in [2.75, 3.05) is 0 Å². The minimum absolute atomic E-state index is 0.117. The number of amides is 1. The van der Waals surface area contributed by atoms with E-state index in [2.05, 4.69) is 15.0 Å². The molecule has 4 rings (SSSR count). The first-order chi connectivity index (χ1) is 12.4. The van der Waals surface area contributed by atoms with Crippen LogP contribution in [0.3, 0.4) is 0 Å². The molecule has 2 aromatic rings. The predicted octanol–water partition coefficient (Wildman–Crippen LogP) is 3.94. The van der Waals surface area contributed by atoms with Gasteiger partial charge in [0.15, 0.2) is 0 Å². The van der Waals surface area contributed by atoms with Crippen molar-refractivity contribution in [3.8, 4) is 0 Å². The van der Waals surface area contributed by atoms with Gasteiger partial charge in [0.1, 0.15) is 9.90 Å². The molecule has 9 heteroatoms. The SMILES string of the molecule is O=C(N[C@@H]1C[C@H]2CC[C@@H]1N2)c1ccc(Sc2cc(C(F)(F)F)sn2)cc1.